The van der Waals surface area contributed by atoms with Crippen molar-refractivity contribution in [3.63, 3.8) is 0 Å². The van der Waals surface area contributed by atoms with Gasteiger partial charge in [0, 0.05) is 11.8 Å². The van der Waals surface area contributed by atoms with Crippen LogP contribution < -0.4 is 10.5 Å². The lowest BCUT2D eigenvalue weighted by molar-refractivity contribution is 0.478. The minimum absolute atomic E-state index is 0.437. The number of rotatable bonds is 2. The van der Waals surface area contributed by atoms with Crippen molar-refractivity contribution in [1.29, 1.82) is 0 Å². The molecule has 5 heteroatoms. The second-order valence-corrected chi connectivity index (χ2v) is 3.05. The molecule has 1 heterocycles. The van der Waals surface area contributed by atoms with E-state index in [2.05, 4.69) is 14.8 Å². The van der Waals surface area contributed by atoms with E-state index < -0.39 is 0 Å². The summed E-state index contributed by atoms with van der Waals surface area (Å²) in [7, 11) is 0. The van der Waals surface area contributed by atoms with Gasteiger partial charge in [-0.05, 0) is 12.1 Å². The first-order valence-electron chi connectivity index (χ1n) is 4.49. The molecular weight excluding hydrogens is 204 g/mol. The summed E-state index contributed by atoms with van der Waals surface area (Å²) < 4.78 is 5.45. The molecule has 1 aromatic heterocycles. The Bertz CT molecular complexity index is 533. The SMILES string of the molecule is [C-]#[N+]c1cc(N)cc(Oc2cncnc2)c1. The van der Waals surface area contributed by atoms with Crippen molar-refractivity contribution in [3.8, 4) is 11.5 Å². The maximum Gasteiger partial charge on any atom is 0.192 e. The third-order valence-electron chi connectivity index (χ3n) is 1.82. The zero-order valence-electron chi connectivity index (χ0n) is 8.29. The van der Waals surface area contributed by atoms with Gasteiger partial charge < -0.3 is 10.5 Å². The van der Waals surface area contributed by atoms with Crippen LogP contribution in [0.4, 0.5) is 11.4 Å². The van der Waals surface area contributed by atoms with Gasteiger partial charge in [-0.15, -0.1) is 0 Å². The highest BCUT2D eigenvalue weighted by molar-refractivity contribution is 5.60. The molecule has 2 aromatic rings. The molecule has 16 heavy (non-hydrogen) atoms. The van der Waals surface area contributed by atoms with E-state index in [1.165, 1.54) is 18.7 Å². The number of benzene rings is 1. The van der Waals surface area contributed by atoms with Crippen molar-refractivity contribution in [3.05, 3.63) is 48.3 Å². The van der Waals surface area contributed by atoms with Gasteiger partial charge in [0.15, 0.2) is 11.4 Å². The predicted molar refractivity (Wildman–Crippen MR) is 59.2 cm³/mol. The van der Waals surface area contributed by atoms with E-state index in [1.807, 2.05) is 0 Å². The Kier molecular flexibility index (Phi) is 2.65. The third-order valence-corrected chi connectivity index (χ3v) is 1.82. The molecule has 2 N–H and O–H groups in total. The molecule has 0 aliphatic carbocycles. The number of nitrogens with two attached hydrogens (primary N) is 1. The molecule has 0 atom stereocenters. The van der Waals surface area contributed by atoms with Crippen LogP contribution >= 0.6 is 0 Å². The van der Waals surface area contributed by atoms with Crippen molar-refractivity contribution in [1.82, 2.24) is 9.97 Å². The van der Waals surface area contributed by atoms with Gasteiger partial charge in [-0.2, -0.15) is 0 Å². The summed E-state index contributed by atoms with van der Waals surface area (Å²) >= 11 is 0. The van der Waals surface area contributed by atoms with Crippen molar-refractivity contribution in [2.75, 3.05) is 5.73 Å². The van der Waals surface area contributed by atoms with Crippen LogP contribution in [0.2, 0.25) is 0 Å². The van der Waals surface area contributed by atoms with Gasteiger partial charge in [0.1, 0.15) is 12.1 Å². The molecule has 0 spiro atoms. The van der Waals surface area contributed by atoms with Crippen LogP contribution in [0.1, 0.15) is 0 Å². The normalized spacial score (nSPS) is 9.44. The highest BCUT2D eigenvalue weighted by atomic mass is 16.5. The first-order chi connectivity index (χ1) is 7.78. The van der Waals surface area contributed by atoms with E-state index in [9.17, 15) is 0 Å². The minimum atomic E-state index is 0.437. The highest BCUT2D eigenvalue weighted by Crippen LogP contribution is 2.27. The Morgan fingerprint density at radius 3 is 2.56 bits per heavy atom. The molecule has 0 bridgehead atoms. The number of anilines is 1. The lowest BCUT2D eigenvalue weighted by Gasteiger charge is -2.05. The van der Waals surface area contributed by atoms with Crippen molar-refractivity contribution < 1.29 is 4.74 Å². The minimum Gasteiger partial charge on any atom is -0.455 e. The first kappa shape index (κ1) is 9.93. The summed E-state index contributed by atoms with van der Waals surface area (Å²) in [5.41, 5.74) is 6.56. The van der Waals surface area contributed by atoms with Crippen LogP contribution in [0.25, 0.3) is 4.85 Å². The van der Waals surface area contributed by atoms with E-state index in [0.29, 0.717) is 22.9 Å². The first-order valence-corrected chi connectivity index (χ1v) is 4.49. The smallest absolute Gasteiger partial charge is 0.192 e. The van der Waals surface area contributed by atoms with Crippen LogP contribution in [0, 0.1) is 6.57 Å². The number of ether oxygens (including phenoxy) is 1. The fourth-order valence-corrected chi connectivity index (χ4v) is 1.20. The number of hydrogen-bond donors (Lipinski definition) is 1. The molecule has 5 nitrogen and oxygen atoms in total. The molecule has 0 fully saturated rings. The number of nitrogens with zero attached hydrogens (tertiary/aromatic N) is 3. The Morgan fingerprint density at radius 1 is 1.12 bits per heavy atom. The van der Waals surface area contributed by atoms with Gasteiger partial charge in [0.2, 0.25) is 0 Å². The van der Waals surface area contributed by atoms with Gasteiger partial charge in [-0.1, -0.05) is 0 Å². The molecule has 0 aliphatic heterocycles. The molecular formula is C11H8N4O. The Labute approximate surface area is 92.3 Å². The quantitative estimate of drug-likeness (QED) is 0.613. The molecule has 1 aromatic carbocycles. The second-order valence-electron chi connectivity index (χ2n) is 3.05. The Hall–Kier alpha value is -2.61. The van der Waals surface area contributed by atoms with Crippen molar-refractivity contribution >= 4 is 11.4 Å². The van der Waals surface area contributed by atoms with Gasteiger partial charge in [0.05, 0.1) is 19.0 Å². The molecule has 0 aliphatic rings. The third kappa shape index (κ3) is 2.25. The maximum atomic E-state index is 6.91. The number of nitrogen functional groups attached to an aromatic ring is 1. The zero-order valence-corrected chi connectivity index (χ0v) is 8.29. The fraction of sp³-hybridized carbons (Fsp3) is 0. The van der Waals surface area contributed by atoms with Crippen LogP contribution in [-0.2, 0) is 0 Å². The zero-order chi connectivity index (χ0) is 11.4. The number of hydrogen-bond acceptors (Lipinski definition) is 4. The summed E-state index contributed by atoms with van der Waals surface area (Å²) in [6.07, 6.45) is 4.48. The van der Waals surface area contributed by atoms with Gasteiger partial charge in [0.25, 0.3) is 0 Å². The summed E-state index contributed by atoms with van der Waals surface area (Å²) in [5, 5.41) is 0. The van der Waals surface area contributed by atoms with E-state index in [1.54, 1.807) is 18.2 Å². The van der Waals surface area contributed by atoms with E-state index in [0.717, 1.165) is 0 Å². The summed E-state index contributed by atoms with van der Waals surface area (Å²) in [4.78, 5) is 10.9. The molecule has 0 radical (unpaired) electrons. The fourth-order valence-electron chi connectivity index (χ4n) is 1.20. The van der Waals surface area contributed by atoms with Crippen molar-refractivity contribution in [2.24, 2.45) is 0 Å². The lowest BCUT2D eigenvalue weighted by Crippen LogP contribution is -1.89. The molecule has 2 rings (SSSR count). The van der Waals surface area contributed by atoms with E-state index >= 15 is 0 Å². The van der Waals surface area contributed by atoms with Gasteiger partial charge >= 0.3 is 0 Å². The van der Waals surface area contributed by atoms with E-state index in [-0.39, 0.29) is 0 Å². The molecule has 0 amide bonds. The van der Waals surface area contributed by atoms with Gasteiger partial charge in [-0.3, -0.25) is 0 Å². The topological polar surface area (TPSA) is 65.4 Å². The largest absolute Gasteiger partial charge is 0.455 e. The molecule has 0 unspecified atom stereocenters. The van der Waals surface area contributed by atoms with E-state index in [4.69, 9.17) is 17.0 Å². The van der Waals surface area contributed by atoms with Crippen LogP contribution in [0.3, 0.4) is 0 Å². The Morgan fingerprint density at radius 2 is 1.88 bits per heavy atom. The van der Waals surface area contributed by atoms with Crippen molar-refractivity contribution in [2.45, 2.75) is 0 Å². The van der Waals surface area contributed by atoms with Crippen LogP contribution in [0.15, 0.2) is 36.9 Å². The summed E-state index contributed by atoms with van der Waals surface area (Å²) in [6.45, 7) is 6.91. The standard InChI is InChI=1S/C11H8N4O/c1-13-9-2-8(12)3-10(4-9)16-11-5-14-7-15-6-11/h2-7H,12H2. The van der Waals surface area contributed by atoms with Crippen LogP contribution in [-0.4, -0.2) is 9.97 Å². The molecule has 0 saturated carbocycles. The highest BCUT2D eigenvalue weighted by Gasteiger charge is 2.01. The monoisotopic (exact) mass is 212 g/mol. The summed E-state index contributed by atoms with van der Waals surface area (Å²) in [6, 6.07) is 4.83. The number of aromatic nitrogens is 2. The summed E-state index contributed by atoms with van der Waals surface area (Å²) in [5.74, 6) is 1.00. The second kappa shape index (κ2) is 4.28. The lowest BCUT2D eigenvalue weighted by atomic mass is 10.2. The average molecular weight is 212 g/mol. The Balaban J connectivity index is 2.29. The van der Waals surface area contributed by atoms with Gasteiger partial charge in [-0.25, -0.2) is 14.8 Å². The average Bonchev–Trinajstić information content (AvgIpc) is 2.29. The molecule has 0 saturated heterocycles. The van der Waals surface area contributed by atoms with Crippen LogP contribution in [0.5, 0.6) is 11.5 Å². The predicted octanol–water partition coefficient (Wildman–Crippen LogP) is 2.40. The maximum absolute atomic E-state index is 6.91. The molecule has 78 valence electrons.